The lowest BCUT2D eigenvalue weighted by Gasteiger charge is -2.05. The van der Waals surface area contributed by atoms with E-state index in [4.69, 9.17) is 0 Å². The molecule has 0 atom stereocenters. The van der Waals surface area contributed by atoms with E-state index in [-0.39, 0.29) is 5.91 Å². The first-order valence-electron chi connectivity index (χ1n) is 6.03. The van der Waals surface area contributed by atoms with E-state index >= 15 is 0 Å². The summed E-state index contributed by atoms with van der Waals surface area (Å²) in [7, 11) is 0. The van der Waals surface area contributed by atoms with Gasteiger partial charge in [-0.1, -0.05) is 11.6 Å². The second-order valence-electron chi connectivity index (χ2n) is 4.27. The van der Waals surface area contributed by atoms with E-state index in [1.165, 1.54) is 16.5 Å². The maximum atomic E-state index is 11.4. The highest BCUT2D eigenvalue weighted by atomic mass is 16.1. The Morgan fingerprint density at radius 1 is 1.35 bits per heavy atom. The molecule has 0 saturated heterocycles. The van der Waals surface area contributed by atoms with Crippen LogP contribution in [-0.4, -0.2) is 17.0 Å². The lowest BCUT2D eigenvalue weighted by atomic mass is 10.2. The number of benzene rings is 1. The van der Waals surface area contributed by atoms with Crippen LogP contribution < -0.4 is 5.32 Å². The summed E-state index contributed by atoms with van der Waals surface area (Å²) in [6, 6.07) is 8.48. The third-order valence-electron chi connectivity index (χ3n) is 2.88. The van der Waals surface area contributed by atoms with Crippen LogP contribution in [0.4, 0.5) is 0 Å². The minimum atomic E-state index is 0.112. The highest BCUT2D eigenvalue weighted by Gasteiger charge is 2.03. The summed E-state index contributed by atoms with van der Waals surface area (Å²) in [6.45, 7) is 5.46. The molecule has 0 aliphatic carbocycles. The van der Waals surface area contributed by atoms with Crippen LogP contribution in [0, 0.1) is 6.92 Å². The predicted molar refractivity (Wildman–Crippen MR) is 70.0 cm³/mol. The number of carbonyl (C=O) groups is 1. The van der Waals surface area contributed by atoms with Crippen molar-refractivity contribution >= 4 is 16.8 Å². The normalized spacial score (nSPS) is 10.7. The van der Waals surface area contributed by atoms with Crippen molar-refractivity contribution in [2.75, 3.05) is 6.54 Å². The monoisotopic (exact) mass is 230 g/mol. The summed E-state index contributed by atoms with van der Waals surface area (Å²) in [6.07, 6.45) is 2.58. The van der Waals surface area contributed by atoms with Crippen LogP contribution in [0.15, 0.2) is 30.5 Å². The Bertz CT molecular complexity index is 528. The molecule has 90 valence electrons. The smallest absolute Gasteiger partial charge is 0.221 e. The average Bonchev–Trinajstić information content (AvgIpc) is 2.69. The molecule has 0 bridgehead atoms. The molecule has 1 aromatic carbocycles. The molecule has 3 nitrogen and oxygen atoms in total. The molecule has 0 unspecified atom stereocenters. The quantitative estimate of drug-likeness (QED) is 0.860. The first-order chi connectivity index (χ1) is 8.20. The lowest BCUT2D eigenvalue weighted by molar-refractivity contribution is -0.121. The molecule has 0 aliphatic rings. The molecule has 2 aromatic rings. The molecule has 0 saturated carbocycles. The fourth-order valence-electron chi connectivity index (χ4n) is 2.02. The number of aromatic nitrogens is 1. The molecule has 1 aromatic heterocycles. The van der Waals surface area contributed by atoms with Gasteiger partial charge >= 0.3 is 0 Å². The summed E-state index contributed by atoms with van der Waals surface area (Å²) < 4.78 is 2.13. The van der Waals surface area contributed by atoms with Crippen LogP contribution in [-0.2, 0) is 11.3 Å². The number of nitrogens with zero attached hydrogens (tertiary/aromatic N) is 1. The summed E-state index contributed by atoms with van der Waals surface area (Å²) in [4.78, 5) is 11.4. The molecule has 17 heavy (non-hydrogen) atoms. The number of fused-ring (bicyclic) bond motifs is 1. The molecular weight excluding hydrogens is 212 g/mol. The summed E-state index contributed by atoms with van der Waals surface area (Å²) in [5, 5.41) is 4.05. The minimum absolute atomic E-state index is 0.112. The van der Waals surface area contributed by atoms with Crippen molar-refractivity contribution < 1.29 is 4.79 Å². The van der Waals surface area contributed by atoms with E-state index in [0.29, 0.717) is 13.0 Å². The van der Waals surface area contributed by atoms with E-state index in [1.54, 1.807) is 0 Å². The second-order valence-corrected chi connectivity index (χ2v) is 4.27. The Hall–Kier alpha value is -1.77. The number of hydrogen-bond acceptors (Lipinski definition) is 1. The first-order valence-corrected chi connectivity index (χ1v) is 6.03. The van der Waals surface area contributed by atoms with Gasteiger partial charge in [0.1, 0.15) is 0 Å². The maximum absolute atomic E-state index is 11.4. The summed E-state index contributed by atoms with van der Waals surface area (Å²) in [5.74, 6) is 0.112. The van der Waals surface area contributed by atoms with E-state index in [9.17, 15) is 4.79 Å². The fourth-order valence-corrected chi connectivity index (χ4v) is 2.02. The van der Waals surface area contributed by atoms with E-state index in [1.807, 2.05) is 13.1 Å². The highest BCUT2D eigenvalue weighted by molar-refractivity contribution is 5.81. The Morgan fingerprint density at radius 2 is 2.18 bits per heavy atom. The van der Waals surface area contributed by atoms with E-state index in [0.717, 1.165) is 6.54 Å². The lowest BCUT2D eigenvalue weighted by Crippen LogP contribution is -2.23. The van der Waals surface area contributed by atoms with Crippen LogP contribution in [0.25, 0.3) is 10.9 Å². The number of amides is 1. The maximum Gasteiger partial charge on any atom is 0.221 e. The van der Waals surface area contributed by atoms with Crippen molar-refractivity contribution in [3.05, 3.63) is 36.0 Å². The van der Waals surface area contributed by atoms with Crippen LogP contribution in [0.2, 0.25) is 0 Å². The highest BCUT2D eigenvalue weighted by Crippen LogP contribution is 2.17. The van der Waals surface area contributed by atoms with Crippen molar-refractivity contribution in [1.82, 2.24) is 9.88 Å². The van der Waals surface area contributed by atoms with Crippen LogP contribution in [0.3, 0.4) is 0 Å². The van der Waals surface area contributed by atoms with E-state index in [2.05, 4.69) is 41.1 Å². The molecular formula is C14H18N2O. The number of aryl methyl sites for hydroxylation is 2. The van der Waals surface area contributed by atoms with Gasteiger partial charge in [-0.3, -0.25) is 4.79 Å². The molecule has 0 aliphatic heterocycles. The first kappa shape index (κ1) is 11.7. The van der Waals surface area contributed by atoms with Gasteiger partial charge in [0.05, 0.1) is 0 Å². The molecule has 1 heterocycles. The molecule has 1 amide bonds. The zero-order valence-corrected chi connectivity index (χ0v) is 10.4. The van der Waals surface area contributed by atoms with Crippen molar-refractivity contribution in [1.29, 1.82) is 0 Å². The van der Waals surface area contributed by atoms with Gasteiger partial charge in [0.15, 0.2) is 0 Å². The zero-order valence-electron chi connectivity index (χ0n) is 10.4. The third kappa shape index (κ3) is 2.67. The summed E-state index contributed by atoms with van der Waals surface area (Å²) >= 11 is 0. The Morgan fingerprint density at radius 3 is 2.94 bits per heavy atom. The Labute approximate surface area is 101 Å². The topological polar surface area (TPSA) is 34.0 Å². The molecule has 0 fully saturated rings. The van der Waals surface area contributed by atoms with Crippen LogP contribution >= 0.6 is 0 Å². The van der Waals surface area contributed by atoms with Gasteiger partial charge in [-0.05, 0) is 37.4 Å². The van der Waals surface area contributed by atoms with Gasteiger partial charge in [-0.25, -0.2) is 0 Å². The zero-order chi connectivity index (χ0) is 12.3. The minimum Gasteiger partial charge on any atom is -0.356 e. The average molecular weight is 230 g/mol. The Kier molecular flexibility index (Phi) is 3.47. The molecule has 3 heteroatoms. The summed E-state index contributed by atoms with van der Waals surface area (Å²) in [5.41, 5.74) is 2.46. The van der Waals surface area contributed by atoms with Gasteiger partial charge in [0.2, 0.25) is 5.91 Å². The molecule has 1 N–H and O–H groups in total. The second kappa shape index (κ2) is 5.04. The van der Waals surface area contributed by atoms with Crippen LogP contribution in [0.1, 0.15) is 18.9 Å². The predicted octanol–water partition coefficient (Wildman–Crippen LogP) is 2.48. The van der Waals surface area contributed by atoms with Crippen LogP contribution in [0.5, 0.6) is 0 Å². The SMILES string of the molecule is CCNC(=O)CCn1ccc2cc(C)ccc21. The standard InChI is InChI=1S/C14H18N2O/c1-3-15-14(17)7-9-16-8-6-12-10-11(2)4-5-13(12)16/h4-6,8,10H,3,7,9H2,1-2H3,(H,15,17). The van der Waals surface area contributed by atoms with Crippen molar-refractivity contribution in [2.45, 2.75) is 26.8 Å². The van der Waals surface area contributed by atoms with Crippen molar-refractivity contribution in [2.24, 2.45) is 0 Å². The number of carbonyl (C=O) groups excluding carboxylic acids is 1. The molecule has 0 spiro atoms. The van der Waals surface area contributed by atoms with Gasteiger partial charge in [0, 0.05) is 31.2 Å². The van der Waals surface area contributed by atoms with Gasteiger partial charge in [-0.2, -0.15) is 0 Å². The number of nitrogens with one attached hydrogen (secondary N) is 1. The van der Waals surface area contributed by atoms with Gasteiger partial charge < -0.3 is 9.88 Å². The number of rotatable bonds is 4. The Balaban J connectivity index is 2.11. The van der Waals surface area contributed by atoms with Gasteiger partial charge in [0.25, 0.3) is 0 Å². The number of hydrogen-bond donors (Lipinski definition) is 1. The van der Waals surface area contributed by atoms with Crippen molar-refractivity contribution in [3.63, 3.8) is 0 Å². The molecule has 2 rings (SSSR count). The largest absolute Gasteiger partial charge is 0.356 e. The van der Waals surface area contributed by atoms with Gasteiger partial charge in [-0.15, -0.1) is 0 Å². The fraction of sp³-hybridized carbons (Fsp3) is 0.357. The van der Waals surface area contributed by atoms with Crippen molar-refractivity contribution in [3.8, 4) is 0 Å². The van der Waals surface area contributed by atoms with E-state index < -0.39 is 0 Å². The third-order valence-corrected chi connectivity index (χ3v) is 2.88. The molecule has 0 radical (unpaired) electrons.